The summed E-state index contributed by atoms with van der Waals surface area (Å²) in [5.74, 6) is -0.793. The largest absolute Gasteiger partial charge is 0.489 e. The van der Waals surface area contributed by atoms with E-state index in [1.54, 1.807) is 0 Å². The quantitative estimate of drug-likeness (QED) is 0.926. The summed E-state index contributed by atoms with van der Waals surface area (Å²) in [7, 11) is 0. The number of ether oxygens (including phenoxy) is 1. The normalized spacial score (nSPS) is 20.3. The van der Waals surface area contributed by atoms with Crippen molar-refractivity contribution in [3.8, 4) is 5.75 Å². The van der Waals surface area contributed by atoms with E-state index in [2.05, 4.69) is 21.2 Å². The molecular weight excluding hydrogens is 292 g/mol. The minimum atomic E-state index is -0.666. The van der Waals surface area contributed by atoms with Crippen LogP contribution < -0.4 is 10.1 Å². The van der Waals surface area contributed by atoms with Gasteiger partial charge in [0.2, 0.25) is 0 Å². The molecule has 1 unspecified atom stereocenters. The van der Waals surface area contributed by atoms with Crippen LogP contribution in [0, 0.1) is 17.6 Å². The molecule has 1 fully saturated rings. The smallest absolute Gasteiger partial charge is 0.169 e. The zero-order chi connectivity index (χ0) is 12.3. The van der Waals surface area contributed by atoms with Gasteiger partial charge in [-0.05, 0) is 41.4 Å². The van der Waals surface area contributed by atoms with Crippen LogP contribution in [0.4, 0.5) is 8.78 Å². The topological polar surface area (TPSA) is 21.3 Å². The Morgan fingerprint density at radius 3 is 2.88 bits per heavy atom. The highest BCUT2D eigenvalue weighted by Crippen LogP contribution is 2.29. The summed E-state index contributed by atoms with van der Waals surface area (Å²) in [4.78, 5) is 0. The summed E-state index contributed by atoms with van der Waals surface area (Å²) >= 11 is 3.10. The zero-order valence-corrected chi connectivity index (χ0v) is 10.9. The summed E-state index contributed by atoms with van der Waals surface area (Å²) in [6.07, 6.45) is 2.19. The van der Waals surface area contributed by atoms with Gasteiger partial charge in [0.15, 0.2) is 11.6 Å². The van der Waals surface area contributed by atoms with Crippen molar-refractivity contribution in [2.24, 2.45) is 5.92 Å². The fourth-order valence-corrected chi connectivity index (χ4v) is 2.46. The Morgan fingerprint density at radius 1 is 1.41 bits per heavy atom. The fourth-order valence-electron chi connectivity index (χ4n) is 1.93. The van der Waals surface area contributed by atoms with Crippen molar-refractivity contribution >= 4 is 15.9 Å². The van der Waals surface area contributed by atoms with E-state index in [4.69, 9.17) is 4.74 Å². The summed E-state index contributed by atoms with van der Waals surface area (Å²) < 4.78 is 32.1. The van der Waals surface area contributed by atoms with Crippen LogP contribution in [0.3, 0.4) is 0 Å². The van der Waals surface area contributed by atoms with Gasteiger partial charge in [0, 0.05) is 18.5 Å². The first-order valence-corrected chi connectivity index (χ1v) is 6.44. The predicted molar refractivity (Wildman–Crippen MR) is 65.1 cm³/mol. The average molecular weight is 306 g/mol. The number of hydrogen-bond acceptors (Lipinski definition) is 2. The lowest BCUT2D eigenvalue weighted by Crippen LogP contribution is -2.33. The van der Waals surface area contributed by atoms with E-state index in [0.29, 0.717) is 17.0 Å². The molecule has 0 bridgehead atoms. The van der Waals surface area contributed by atoms with E-state index >= 15 is 0 Å². The maximum atomic E-state index is 13.5. The predicted octanol–water partition coefficient (Wildman–Crippen LogP) is 3.11. The molecule has 1 N–H and O–H groups in total. The fraction of sp³-hybridized carbons (Fsp3) is 0.500. The molecule has 1 aromatic rings. The molecule has 0 aromatic heterocycles. The second-order valence-electron chi connectivity index (χ2n) is 4.22. The molecule has 0 aliphatic carbocycles. The maximum Gasteiger partial charge on any atom is 0.169 e. The van der Waals surface area contributed by atoms with E-state index in [9.17, 15) is 8.78 Å². The third kappa shape index (κ3) is 3.39. The van der Waals surface area contributed by atoms with Gasteiger partial charge in [-0.15, -0.1) is 0 Å². The third-order valence-corrected chi connectivity index (χ3v) is 3.41. The lowest BCUT2D eigenvalue weighted by Gasteiger charge is -2.23. The molecule has 1 atom stereocenters. The molecule has 1 aromatic carbocycles. The van der Waals surface area contributed by atoms with Crippen LogP contribution in [0.15, 0.2) is 16.6 Å². The van der Waals surface area contributed by atoms with E-state index in [1.807, 2.05) is 0 Å². The second-order valence-corrected chi connectivity index (χ2v) is 5.08. The number of rotatable bonds is 3. The molecule has 5 heteroatoms. The number of halogens is 3. The van der Waals surface area contributed by atoms with E-state index in [-0.39, 0.29) is 5.75 Å². The van der Waals surface area contributed by atoms with Gasteiger partial charge >= 0.3 is 0 Å². The standard InChI is InChI=1S/C12H14BrF2NO/c13-10-4-9(14)5-11(15)12(10)17-7-8-2-1-3-16-6-8/h4-5,8,16H,1-3,6-7H2. The summed E-state index contributed by atoms with van der Waals surface area (Å²) in [6, 6.07) is 2.04. The van der Waals surface area contributed by atoms with Gasteiger partial charge in [-0.25, -0.2) is 8.78 Å². The molecule has 0 spiro atoms. The first kappa shape index (κ1) is 12.8. The van der Waals surface area contributed by atoms with Crippen LogP contribution in [-0.4, -0.2) is 19.7 Å². The summed E-state index contributed by atoms with van der Waals surface area (Å²) in [5, 5.41) is 3.26. The first-order chi connectivity index (χ1) is 8.16. The van der Waals surface area contributed by atoms with Gasteiger partial charge in [-0.1, -0.05) is 0 Å². The van der Waals surface area contributed by atoms with Crippen LogP contribution in [0.1, 0.15) is 12.8 Å². The molecule has 2 rings (SSSR count). The first-order valence-electron chi connectivity index (χ1n) is 5.65. The van der Waals surface area contributed by atoms with Crippen LogP contribution in [0.25, 0.3) is 0 Å². The number of nitrogens with one attached hydrogen (secondary N) is 1. The SMILES string of the molecule is Fc1cc(F)c(OCC2CCCNC2)c(Br)c1. The lowest BCUT2D eigenvalue weighted by atomic mass is 10.0. The summed E-state index contributed by atoms with van der Waals surface area (Å²) in [5.41, 5.74) is 0. The molecule has 2 nitrogen and oxygen atoms in total. The van der Waals surface area contributed by atoms with Crippen LogP contribution in [0.2, 0.25) is 0 Å². The molecule has 0 saturated carbocycles. The molecule has 1 aliphatic heterocycles. The Morgan fingerprint density at radius 2 is 2.24 bits per heavy atom. The molecule has 1 saturated heterocycles. The Kier molecular flexibility index (Phi) is 4.34. The molecule has 0 amide bonds. The van der Waals surface area contributed by atoms with Gasteiger partial charge in [0.25, 0.3) is 0 Å². The minimum Gasteiger partial charge on any atom is -0.489 e. The maximum absolute atomic E-state index is 13.5. The van der Waals surface area contributed by atoms with E-state index in [0.717, 1.165) is 32.0 Å². The molecule has 94 valence electrons. The van der Waals surface area contributed by atoms with Crippen LogP contribution in [0.5, 0.6) is 5.75 Å². The van der Waals surface area contributed by atoms with Crippen molar-refractivity contribution in [1.29, 1.82) is 0 Å². The van der Waals surface area contributed by atoms with Crippen molar-refractivity contribution in [2.45, 2.75) is 12.8 Å². The Hall–Kier alpha value is -0.680. The Balaban J connectivity index is 1.98. The van der Waals surface area contributed by atoms with Gasteiger partial charge in [-0.2, -0.15) is 0 Å². The Labute approximate surface area is 107 Å². The van der Waals surface area contributed by atoms with Gasteiger partial charge in [0.1, 0.15) is 5.82 Å². The zero-order valence-electron chi connectivity index (χ0n) is 9.31. The van der Waals surface area contributed by atoms with E-state index in [1.165, 1.54) is 6.07 Å². The van der Waals surface area contributed by atoms with Crippen molar-refractivity contribution in [1.82, 2.24) is 5.32 Å². The van der Waals surface area contributed by atoms with Crippen molar-refractivity contribution in [3.63, 3.8) is 0 Å². The third-order valence-electron chi connectivity index (χ3n) is 2.83. The van der Waals surface area contributed by atoms with Crippen LogP contribution in [-0.2, 0) is 0 Å². The van der Waals surface area contributed by atoms with Crippen LogP contribution >= 0.6 is 15.9 Å². The monoisotopic (exact) mass is 305 g/mol. The molecule has 0 radical (unpaired) electrons. The minimum absolute atomic E-state index is 0.0944. The van der Waals surface area contributed by atoms with Crippen molar-refractivity contribution in [3.05, 3.63) is 28.2 Å². The second kappa shape index (κ2) is 5.78. The Bertz CT molecular complexity index is 371. The number of benzene rings is 1. The number of hydrogen-bond donors (Lipinski definition) is 1. The van der Waals surface area contributed by atoms with Gasteiger partial charge in [-0.3, -0.25) is 0 Å². The highest BCUT2D eigenvalue weighted by molar-refractivity contribution is 9.10. The van der Waals surface area contributed by atoms with Crippen molar-refractivity contribution < 1.29 is 13.5 Å². The average Bonchev–Trinajstić information content (AvgIpc) is 2.29. The number of piperidine rings is 1. The molecular formula is C12H14BrF2NO. The van der Waals surface area contributed by atoms with Gasteiger partial charge in [0.05, 0.1) is 11.1 Å². The van der Waals surface area contributed by atoms with Gasteiger partial charge < -0.3 is 10.1 Å². The molecule has 1 aliphatic rings. The van der Waals surface area contributed by atoms with E-state index < -0.39 is 11.6 Å². The molecule has 17 heavy (non-hydrogen) atoms. The highest BCUT2D eigenvalue weighted by atomic mass is 79.9. The van der Waals surface area contributed by atoms with Crippen molar-refractivity contribution in [2.75, 3.05) is 19.7 Å². The lowest BCUT2D eigenvalue weighted by molar-refractivity contribution is 0.210. The highest BCUT2D eigenvalue weighted by Gasteiger charge is 2.16. The summed E-state index contributed by atoms with van der Waals surface area (Å²) in [6.45, 7) is 2.37. The molecule has 1 heterocycles.